The number of carbonyl (C=O) groups excluding carboxylic acids is 1. The molecule has 1 aromatic heterocycles. The minimum Gasteiger partial charge on any atom is -0.450 e. The summed E-state index contributed by atoms with van der Waals surface area (Å²) in [7, 11) is 3.35. The number of allylic oxidation sites excluding steroid dienone is 1. The fourth-order valence-corrected chi connectivity index (χ4v) is 2.56. The molecule has 4 N–H and O–H groups in total. The van der Waals surface area contributed by atoms with Crippen LogP contribution in [0.25, 0.3) is 16.5 Å². The lowest BCUT2D eigenvalue weighted by molar-refractivity contribution is 0.110. The molecule has 6 nitrogen and oxygen atoms in total. The van der Waals surface area contributed by atoms with E-state index >= 15 is 0 Å². The molecule has 2 aromatic rings. The van der Waals surface area contributed by atoms with Gasteiger partial charge in [-0.1, -0.05) is 0 Å². The Kier molecular flexibility index (Phi) is 7.67. The van der Waals surface area contributed by atoms with Gasteiger partial charge < -0.3 is 20.6 Å². The third kappa shape index (κ3) is 4.04. The Labute approximate surface area is 149 Å². The minimum atomic E-state index is 0.125. The Hall–Kier alpha value is -2.12. The van der Waals surface area contributed by atoms with E-state index in [-0.39, 0.29) is 5.76 Å². The van der Waals surface area contributed by atoms with Crippen LogP contribution >= 0.6 is 15.9 Å². The molecule has 0 unspecified atom stereocenters. The van der Waals surface area contributed by atoms with Gasteiger partial charge in [0.15, 0.2) is 17.6 Å². The van der Waals surface area contributed by atoms with Crippen LogP contribution in [0.2, 0.25) is 0 Å². The van der Waals surface area contributed by atoms with Gasteiger partial charge in [-0.2, -0.15) is 0 Å². The normalized spacial score (nSPS) is 11.6. The maximum atomic E-state index is 10.9. The summed E-state index contributed by atoms with van der Waals surface area (Å²) in [5, 5.41) is 0.670. The molecule has 0 aliphatic rings. The van der Waals surface area contributed by atoms with E-state index in [0.29, 0.717) is 22.9 Å². The van der Waals surface area contributed by atoms with Gasteiger partial charge in [0.1, 0.15) is 0 Å². The van der Waals surface area contributed by atoms with Crippen molar-refractivity contribution in [2.45, 2.75) is 13.8 Å². The molecule has 0 saturated carbocycles. The number of hydrogen-bond donors (Lipinski definition) is 2. The highest BCUT2D eigenvalue weighted by Gasteiger charge is 2.18. The van der Waals surface area contributed by atoms with Gasteiger partial charge in [-0.3, -0.25) is 9.79 Å². The summed E-state index contributed by atoms with van der Waals surface area (Å²) in [6.07, 6.45) is 3.74. The standard InChI is InChI=1S/C14H14BrN3O2.C3H8O/c1-7-9(8(4-16)5-18-2)3-10-13(17)11(6-19)20-14(10)12(7)15;1-3-4-2/h3-6H,16-17H2,1-2H3;3H2,1-2H3/b8-4+,18-5?;. The average Bonchev–Trinajstić information content (AvgIpc) is 2.92. The van der Waals surface area contributed by atoms with E-state index < -0.39 is 0 Å². The molecule has 0 bridgehead atoms. The zero-order valence-corrected chi connectivity index (χ0v) is 15.8. The molecule has 0 radical (unpaired) electrons. The molecule has 0 fully saturated rings. The third-order valence-corrected chi connectivity index (χ3v) is 4.34. The number of nitrogens with two attached hydrogens (primary N) is 2. The van der Waals surface area contributed by atoms with Gasteiger partial charge in [0, 0.05) is 44.1 Å². The summed E-state index contributed by atoms with van der Waals surface area (Å²) >= 11 is 3.48. The van der Waals surface area contributed by atoms with Crippen LogP contribution in [0.3, 0.4) is 0 Å². The van der Waals surface area contributed by atoms with Gasteiger partial charge >= 0.3 is 0 Å². The molecule has 0 amide bonds. The fourth-order valence-electron chi connectivity index (χ4n) is 2.05. The van der Waals surface area contributed by atoms with E-state index in [1.165, 1.54) is 6.20 Å². The summed E-state index contributed by atoms with van der Waals surface area (Å²) in [6.45, 7) is 4.70. The van der Waals surface area contributed by atoms with Gasteiger partial charge in [-0.25, -0.2) is 0 Å². The third-order valence-electron chi connectivity index (χ3n) is 3.39. The Bertz CT molecular complexity index is 777. The molecule has 2 rings (SSSR count). The number of nitrogen functional groups attached to an aromatic ring is 1. The smallest absolute Gasteiger partial charge is 0.190 e. The van der Waals surface area contributed by atoms with Crippen LogP contribution in [0, 0.1) is 6.92 Å². The summed E-state index contributed by atoms with van der Waals surface area (Å²) in [6, 6.07) is 1.85. The number of carbonyl (C=O) groups is 1. The van der Waals surface area contributed by atoms with Gasteiger partial charge in [0.2, 0.25) is 0 Å². The first-order chi connectivity index (χ1) is 11.5. The van der Waals surface area contributed by atoms with E-state index in [4.69, 9.17) is 15.9 Å². The fraction of sp³-hybridized carbons (Fsp3) is 0.294. The van der Waals surface area contributed by atoms with Gasteiger partial charge in [0.05, 0.1) is 10.2 Å². The van der Waals surface area contributed by atoms with Crippen molar-refractivity contribution in [1.82, 2.24) is 0 Å². The van der Waals surface area contributed by atoms with Crippen molar-refractivity contribution in [3.63, 3.8) is 0 Å². The zero-order valence-electron chi connectivity index (χ0n) is 14.2. The highest BCUT2D eigenvalue weighted by molar-refractivity contribution is 9.10. The Balaban J connectivity index is 0.000000648. The topological polar surface area (TPSA) is 104 Å². The van der Waals surface area contributed by atoms with Crippen LogP contribution < -0.4 is 11.5 Å². The second kappa shape index (κ2) is 9.24. The monoisotopic (exact) mass is 395 g/mol. The number of aliphatic imine (C=N–C) groups is 1. The number of nitrogens with zero attached hydrogens (tertiary/aromatic N) is 1. The molecule has 7 heteroatoms. The first-order valence-electron chi connectivity index (χ1n) is 7.26. The quantitative estimate of drug-likeness (QED) is 0.608. The average molecular weight is 396 g/mol. The number of halogens is 1. The number of hydrogen-bond acceptors (Lipinski definition) is 6. The molecule has 1 heterocycles. The zero-order chi connectivity index (χ0) is 18.3. The van der Waals surface area contributed by atoms with Crippen molar-refractivity contribution >= 4 is 50.7 Å². The molecule has 1 aromatic carbocycles. The molecule has 0 aliphatic carbocycles. The predicted molar refractivity (Wildman–Crippen MR) is 103 cm³/mol. The van der Waals surface area contributed by atoms with E-state index in [1.54, 1.807) is 20.4 Å². The maximum Gasteiger partial charge on any atom is 0.190 e. The molecule has 0 aliphatic heterocycles. The number of anilines is 1. The number of methoxy groups -OCH3 is 1. The molecule has 24 heavy (non-hydrogen) atoms. The number of aldehydes is 1. The molecular formula is C17H22BrN3O3. The molecule has 130 valence electrons. The van der Waals surface area contributed by atoms with Crippen LogP contribution in [0.4, 0.5) is 5.69 Å². The summed E-state index contributed by atoms with van der Waals surface area (Å²) in [4.78, 5) is 14.9. The number of rotatable bonds is 4. The van der Waals surface area contributed by atoms with Crippen LogP contribution in [-0.2, 0) is 4.74 Å². The first kappa shape index (κ1) is 19.9. The second-order valence-electron chi connectivity index (χ2n) is 4.82. The number of furan rings is 1. The van der Waals surface area contributed by atoms with Gasteiger partial charge in [-0.05, 0) is 47.0 Å². The van der Waals surface area contributed by atoms with Crippen molar-refractivity contribution in [2.24, 2.45) is 10.7 Å². The number of ether oxygens (including phenoxy) is 1. The molecule has 0 spiro atoms. The predicted octanol–water partition coefficient (Wildman–Crippen LogP) is 3.55. The van der Waals surface area contributed by atoms with Crippen molar-refractivity contribution in [3.05, 3.63) is 33.6 Å². The highest BCUT2D eigenvalue weighted by atomic mass is 79.9. The van der Waals surface area contributed by atoms with E-state index in [2.05, 4.69) is 25.7 Å². The minimum absolute atomic E-state index is 0.125. The molecule has 0 saturated heterocycles. The van der Waals surface area contributed by atoms with Crippen LogP contribution in [0.15, 0.2) is 26.1 Å². The van der Waals surface area contributed by atoms with Crippen molar-refractivity contribution in [3.8, 4) is 0 Å². The maximum absolute atomic E-state index is 10.9. The SMILES string of the molecule is CCOC.CN=C/C(=C\N)c1cc2c(N)c(C=O)oc2c(Br)c1C. The highest BCUT2D eigenvalue weighted by Crippen LogP contribution is 2.38. The second-order valence-corrected chi connectivity index (χ2v) is 5.62. The number of benzene rings is 1. The van der Waals surface area contributed by atoms with Crippen LogP contribution in [-0.4, -0.2) is 33.3 Å². The van der Waals surface area contributed by atoms with E-state index in [9.17, 15) is 4.79 Å². The van der Waals surface area contributed by atoms with Crippen molar-refractivity contribution in [1.29, 1.82) is 0 Å². The summed E-state index contributed by atoms with van der Waals surface area (Å²) in [5.41, 5.74) is 15.0. The molecular weight excluding hydrogens is 374 g/mol. The van der Waals surface area contributed by atoms with Gasteiger partial charge in [-0.15, -0.1) is 0 Å². The summed E-state index contributed by atoms with van der Waals surface area (Å²) < 4.78 is 10.7. The van der Waals surface area contributed by atoms with Crippen LogP contribution in [0.1, 0.15) is 28.6 Å². The largest absolute Gasteiger partial charge is 0.450 e. The van der Waals surface area contributed by atoms with Crippen LogP contribution in [0.5, 0.6) is 0 Å². The van der Waals surface area contributed by atoms with Crippen molar-refractivity contribution < 1.29 is 13.9 Å². The lowest BCUT2D eigenvalue weighted by Gasteiger charge is -2.09. The Morgan fingerprint density at radius 3 is 2.58 bits per heavy atom. The van der Waals surface area contributed by atoms with E-state index in [0.717, 1.165) is 27.8 Å². The Morgan fingerprint density at radius 2 is 2.12 bits per heavy atom. The first-order valence-corrected chi connectivity index (χ1v) is 8.05. The van der Waals surface area contributed by atoms with E-state index in [1.807, 2.05) is 19.9 Å². The molecule has 0 atom stereocenters. The summed E-state index contributed by atoms with van der Waals surface area (Å²) in [5.74, 6) is 0.125. The van der Waals surface area contributed by atoms with Crippen molar-refractivity contribution in [2.75, 3.05) is 26.5 Å². The van der Waals surface area contributed by atoms with Gasteiger partial charge in [0.25, 0.3) is 0 Å². The Morgan fingerprint density at radius 1 is 1.50 bits per heavy atom. The lowest BCUT2D eigenvalue weighted by atomic mass is 9.99. The lowest BCUT2D eigenvalue weighted by Crippen LogP contribution is -1.96. The number of fused-ring (bicyclic) bond motifs is 1.